The van der Waals surface area contributed by atoms with Crippen LogP contribution in [0.15, 0.2) is 164 Å². The third kappa shape index (κ3) is 14.5. The number of unbranched alkanes of at least 4 members (excludes halogenated alkanes) is 1. The van der Waals surface area contributed by atoms with Gasteiger partial charge in [0.15, 0.2) is 0 Å². The topological polar surface area (TPSA) is 144 Å². The van der Waals surface area contributed by atoms with Crippen molar-refractivity contribution in [3.63, 3.8) is 0 Å². The lowest BCUT2D eigenvalue weighted by Gasteiger charge is -2.34. The van der Waals surface area contributed by atoms with E-state index in [-0.39, 0.29) is 17.7 Å². The van der Waals surface area contributed by atoms with Crippen molar-refractivity contribution in [3.8, 4) is 0 Å². The number of hydrogen-bond acceptors (Lipinski definition) is 6. The van der Waals surface area contributed by atoms with Gasteiger partial charge >= 0.3 is 0 Å². The van der Waals surface area contributed by atoms with Gasteiger partial charge in [-0.25, -0.2) is 0 Å². The fourth-order valence-electron chi connectivity index (χ4n) is 12.4. The Hall–Kier alpha value is -7.77. The minimum Gasteiger partial charge on any atom is -0.361 e. The quantitative estimate of drug-likeness (QED) is 0.0603. The van der Waals surface area contributed by atoms with Crippen LogP contribution in [0.4, 0.5) is 17.1 Å². The number of piperidine rings is 3. The van der Waals surface area contributed by atoms with Crippen molar-refractivity contribution in [2.45, 2.75) is 109 Å². The van der Waals surface area contributed by atoms with Crippen molar-refractivity contribution >= 4 is 67.5 Å². The molecule has 0 radical (unpaired) electrons. The Labute approximate surface area is 484 Å². The molecule has 3 aliphatic heterocycles. The monoisotopic (exact) mass is 1100 g/mol. The highest BCUT2D eigenvalue weighted by atomic mass is 16.2. The number of nitrogens with zero attached hydrogens (tertiary/aromatic N) is 3. The molecule has 12 heteroatoms. The molecule has 0 atom stereocenters. The molecule has 3 saturated heterocycles. The van der Waals surface area contributed by atoms with E-state index in [0.29, 0.717) is 40.5 Å². The molecule has 9 aromatic rings. The first-order valence-electron chi connectivity index (χ1n) is 30.2. The Morgan fingerprint density at radius 2 is 0.768 bits per heavy atom. The number of rotatable bonds is 15. The maximum atomic E-state index is 12.5. The summed E-state index contributed by atoms with van der Waals surface area (Å²) >= 11 is 0. The summed E-state index contributed by atoms with van der Waals surface area (Å²) in [4.78, 5) is 55.3. The number of benzene rings is 6. The first-order chi connectivity index (χ1) is 40.1. The van der Waals surface area contributed by atoms with Gasteiger partial charge in [0.05, 0.1) is 0 Å². The Balaban J connectivity index is 0.000000138. The summed E-state index contributed by atoms with van der Waals surface area (Å²) < 4.78 is 0. The van der Waals surface area contributed by atoms with Gasteiger partial charge in [-0.1, -0.05) is 74.9 Å². The predicted molar refractivity (Wildman–Crippen MR) is 339 cm³/mol. The number of H-pyrrole nitrogens is 3. The minimum atomic E-state index is -0.0720. The second kappa shape index (κ2) is 27.8. The summed E-state index contributed by atoms with van der Waals surface area (Å²) in [6.45, 7) is 18.5. The van der Waals surface area contributed by atoms with Crippen molar-refractivity contribution in [2.24, 2.45) is 0 Å². The third-order valence-electron chi connectivity index (χ3n) is 17.1. The Morgan fingerprint density at radius 3 is 1.09 bits per heavy atom. The highest BCUT2D eigenvalue weighted by Crippen LogP contribution is 2.38. The lowest BCUT2D eigenvalue weighted by molar-refractivity contribution is 0.101. The average molecular weight is 1100 g/mol. The van der Waals surface area contributed by atoms with Crippen molar-refractivity contribution in [1.29, 1.82) is 0 Å². The summed E-state index contributed by atoms with van der Waals surface area (Å²) in [7, 11) is 0. The van der Waals surface area contributed by atoms with Crippen LogP contribution in [-0.4, -0.2) is 106 Å². The molecule has 0 spiro atoms. The first-order valence-corrected chi connectivity index (χ1v) is 30.2. The van der Waals surface area contributed by atoms with E-state index >= 15 is 0 Å². The molecule has 12 nitrogen and oxygen atoms in total. The Bertz CT molecular complexity index is 3490. The summed E-state index contributed by atoms with van der Waals surface area (Å²) in [5, 5.41) is 12.8. The molecule has 0 bridgehead atoms. The number of aromatic amines is 3. The average Bonchev–Trinajstić information content (AvgIpc) is 4.35. The number of amides is 3. The van der Waals surface area contributed by atoms with Crippen LogP contribution < -0.4 is 16.0 Å². The molecule has 82 heavy (non-hydrogen) atoms. The second-order valence-corrected chi connectivity index (χ2v) is 23.0. The fourth-order valence-corrected chi connectivity index (χ4v) is 12.4. The molecule has 0 aliphatic carbocycles. The van der Waals surface area contributed by atoms with Gasteiger partial charge < -0.3 is 45.6 Å². The molecule has 3 aliphatic rings. The summed E-state index contributed by atoms with van der Waals surface area (Å²) in [6.07, 6.45) is 17.5. The van der Waals surface area contributed by atoms with Crippen LogP contribution in [0.1, 0.15) is 151 Å². The molecule has 3 aromatic heterocycles. The fraction of sp³-hybridized carbons (Fsp3) is 0.357. The number of likely N-dealkylation sites (tertiary alicyclic amines) is 3. The van der Waals surface area contributed by atoms with Crippen LogP contribution in [-0.2, 0) is 0 Å². The van der Waals surface area contributed by atoms with Gasteiger partial charge in [0.25, 0.3) is 17.7 Å². The molecule has 0 unspecified atom stereocenters. The maximum absolute atomic E-state index is 12.5. The van der Waals surface area contributed by atoms with E-state index in [1.54, 1.807) is 0 Å². The van der Waals surface area contributed by atoms with Gasteiger partial charge in [0, 0.05) is 91.1 Å². The number of carbonyl (C=O) groups is 3. The lowest BCUT2D eigenvalue weighted by atomic mass is 9.88. The van der Waals surface area contributed by atoms with Gasteiger partial charge in [0.1, 0.15) is 0 Å². The standard InChI is InChI=1S/C24H29N3O.2C23H27N3O/c1-2-3-13-27-14-11-18(12-15-27)22-17-25-23-10-9-20(16-21(22)23)26-24(28)19-7-5-4-6-8-19;1-16(2)26-12-10-17(11-13-26)21-15-24-22-9-8-19(14-20(21)22)25-23(27)18-6-4-3-5-7-18;1-2-12-26-13-10-17(11-14-26)21-16-24-22-9-8-19(15-20(21)22)25-23(27)18-6-4-3-5-7-18/h4-10,16-18,25H,2-3,11-15H2,1H3,(H,26,28);3-9,14-17,24H,10-13H2,1-2H3,(H,25,27);3-9,15-17,24H,2,10-14H2,1H3,(H,25,27). The zero-order valence-corrected chi connectivity index (χ0v) is 48.5. The van der Waals surface area contributed by atoms with Crippen LogP contribution in [0.3, 0.4) is 0 Å². The van der Waals surface area contributed by atoms with Crippen molar-refractivity contribution in [1.82, 2.24) is 29.7 Å². The van der Waals surface area contributed by atoms with Gasteiger partial charge in [-0.05, 0) is 243 Å². The molecule has 6 N–H and O–H groups in total. The summed E-state index contributed by atoms with van der Waals surface area (Å²) in [5.74, 6) is 1.55. The van der Waals surface area contributed by atoms with Crippen LogP contribution in [0.25, 0.3) is 32.7 Å². The zero-order valence-electron chi connectivity index (χ0n) is 48.5. The molecule has 3 amide bonds. The SMILES string of the molecule is CC(C)N1CCC(c2c[nH]c3ccc(NC(=O)c4ccccc4)cc23)CC1.CCCCN1CCC(c2c[nH]c3ccc(NC(=O)c4ccccc4)cc23)CC1.CCCN1CCC(c2c[nH]c3ccc(NC(=O)c4ccccc4)cc23)CC1. The van der Waals surface area contributed by atoms with Crippen molar-refractivity contribution < 1.29 is 14.4 Å². The van der Waals surface area contributed by atoms with Gasteiger partial charge in [-0.3, -0.25) is 14.4 Å². The molecule has 6 aromatic carbocycles. The van der Waals surface area contributed by atoms with E-state index in [2.05, 4.69) is 128 Å². The highest BCUT2D eigenvalue weighted by Gasteiger charge is 2.26. The summed E-state index contributed by atoms with van der Waals surface area (Å²) in [6, 6.07) is 47.1. The zero-order chi connectivity index (χ0) is 56.8. The van der Waals surface area contributed by atoms with Crippen molar-refractivity contribution in [3.05, 3.63) is 198 Å². The van der Waals surface area contributed by atoms with E-state index in [0.717, 1.165) is 46.7 Å². The minimum absolute atomic E-state index is 0.0683. The number of fused-ring (bicyclic) bond motifs is 3. The number of aromatic nitrogens is 3. The summed E-state index contributed by atoms with van der Waals surface area (Å²) in [5.41, 5.74) is 12.1. The molecule has 3 fully saturated rings. The Kier molecular flexibility index (Phi) is 19.5. The lowest BCUT2D eigenvalue weighted by Crippen LogP contribution is -2.37. The number of nitrogens with one attached hydrogen (secondary N) is 6. The van der Waals surface area contributed by atoms with Crippen LogP contribution in [0, 0.1) is 0 Å². The van der Waals surface area contributed by atoms with Crippen LogP contribution in [0.2, 0.25) is 0 Å². The van der Waals surface area contributed by atoms with E-state index in [1.807, 2.05) is 109 Å². The van der Waals surface area contributed by atoms with E-state index in [4.69, 9.17) is 0 Å². The highest BCUT2D eigenvalue weighted by molar-refractivity contribution is 6.07. The predicted octanol–water partition coefficient (Wildman–Crippen LogP) is 15.4. The normalized spacial score (nSPS) is 15.9. The third-order valence-corrected chi connectivity index (χ3v) is 17.1. The maximum Gasteiger partial charge on any atom is 0.255 e. The molecule has 0 saturated carbocycles. The van der Waals surface area contributed by atoms with E-state index < -0.39 is 0 Å². The van der Waals surface area contributed by atoms with Gasteiger partial charge in [0.2, 0.25) is 0 Å². The Morgan fingerprint density at radius 1 is 0.439 bits per heavy atom. The van der Waals surface area contributed by atoms with Gasteiger partial charge in [-0.15, -0.1) is 0 Å². The molecular formula is C70H83N9O3. The second-order valence-electron chi connectivity index (χ2n) is 23.0. The molecular weight excluding hydrogens is 1010 g/mol. The smallest absolute Gasteiger partial charge is 0.255 e. The molecule has 426 valence electrons. The molecule has 6 heterocycles. The van der Waals surface area contributed by atoms with Crippen LogP contribution >= 0.6 is 0 Å². The van der Waals surface area contributed by atoms with Crippen LogP contribution in [0.5, 0.6) is 0 Å². The number of anilines is 3. The number of carbonyl (C=O) groups excluding carboxylic acids is 3. The van der Waals surface area contributed by atoms with Gasteiger partial charge in [-0.2, -0.15) is 0 Å². The first kappa shape index (κ1) is 57.5. The number of hydrogen-bond donors (Lipinski definition) is 6. The largest absolute Gasteiger partial charge is 0.361 e. The van der Waals surface area contributed by atoms with E-state index in [9.17, 15) is 14.4 Å². The van der Waals surface area contributed by atoms with Crippen molar-refractivity contribution in [2.75, 3.05) is 68.3 Å². The molecule has 12 rings (SSSR count). The van der Waals surface area contributed by atoms with E-state index in [1.165, 1.54) is 130 Å².